The molecule has 4 rings (SSSR count). The van der Waals surface area contributed by atoms with E-state index < -0.39 is 0 Å². The van der Waals surface area contributed by atoms with Crippen molar-refractivity contribution < 1.29 is 19.3 Å². The summed E-state index contributed by atoms with van der Waals surface area (Å²) in [5.41, 5.74) is 0. The second-order valence-corrected chi connectivity index (χ2v) is 6.18. The zero-order valence-corrected chi connectivity index (χ0v) is 13.6. The molecule has 0 aliphatic carbocycles. The van der Waals surface area contributed by atoms with Crippen LogP contribution in [0.15, 0.2) is 48.5 Å². The summed E-state index contributed by atoms with van der Waals surface area (Å²) < 4.78 is 17.0. The van der Waals surface area contributed by atoms with Crippen molar-refractivity contribution in [1.29, 1.82) is 0 Å². The molecule has 0 aromatic heterocycles. The monoisotopic (exact) mass is 324 g/mol. The highest BCUT2D eigenvalue weighted by Gasteiger charge is 2.23. The number of fused-ring (bicyclic) bond motifs is 2. The van der Waals surface area contributed by atoms with Crippen LogP contribution in [-0.4, -0.2) is 37.1 Å². The van der Waals surface area contributed by atoms with E-state index >= 15 is 0 Å². The van der Waals surface area contributed by atoms with Crippen LogP contribution < -0.4 is 4.74 Å². The van der Waals surface area contributed by atoms with Gasteiger partial charge in [-0.15, -0.1) is 0 Å². The zero-order chi connectivity index (χ0) is 16.5. The number of phenolic OH excluding ortho intramolecular Hbond substituents is 1. The van der Waals surface area contributed by atoms with Crippen LogP contribution in [0.5, 0.6) is 11.5 Å². The first-order chi connectivity index (χ1) is 11.7. The lowest BCUT2D eigenvalue weighted by atomic mass is 10.0. The zero-order valence-electron chi connectivity index (χ0n) is 13.6. The maximum Gasteiger partial charge on any atom is 0.135 e. The van der Waals surface area contributed by atoms with Crippen LogP contribution in [0.25, 0.3) is 21.5 Å². The first-order valence-electron chi connectivity index (χ1n) is 8.22. The molecule has 2 unspecified atom stereocenters. The smallest absolute Gasteiger partial charge is 0.135 e. The molecule has 0 radical (unpaired) electrons. The average molecular weight is 324 g/mol. The summed E-state index contributed by atoms with van der Waals surface area (Å²) >= 11 is 0. The van der Waals surface area contributed by atoms with Crippen LogP contribution in [0.1, 0.15) is 6.92 Å². The molecule has 24 heavy (non-hydrogen) atoms. The SMILES string of the molecule is CC(COc1c2ccccc2c(O)c2ccccc12)OCC1CO1. The Morgan fingerprint density at radius 2 is 1.58 bits per heavy atom. The Kier molecular flexibility index (Phi) is 4.00. The minimum absolute atomic E-state index is 0.0273. The Hall–Kier alpha value is -2.30. The van der Waals surface area contributed by atoms with Crippen molar-refractivity contribution in [1.82, 2.24) is 0 Å². The maximum atomic E-state index is 10.6. The molecule has 1 aliphatic heterocycles. The summed E-state index contributed by atoms with van der Waals surface area (Å²) in [4.78, 5) is 0. The van der Waals surface area contributed by atoms with E-state index in [9.17, 15) is 5.11 Å². The van der Waals surface area contributed by atoms with Gasteiger partial charge in [-0.25, -0.2) is 0 Å². The fourth-order valence-electron chi connectivity index (χ4n) is 2.91. The second kappa shape index (κ2) is 6.30. The molecule has 1 N–H and O–H groups in total. The molecule has 0 spiro atoms. The fourth-order valence-corrected chi connectivity index (χ4v) is 2.91. The second-order valence-electron chi connectivity index (χ2n) is 6.18. The Morgan fingerprint density at radius 3 is 2.12 bits per heavy atom. The van der Waals surface area contributed by atoms with Crippen molar-refractivity contribution in [3.8, 4) is 11.5 Å². The first kappa shape index (κ1) is 15.2. The molecule has 0 amide bonds. The number of rotatable bonds is 6. The number of aromatic hydroxyl groups is 1. The van der Waals surface area contributed by atoms with E-state index in [1.54, 1.807) is 0 Å². The lowest BCUT2D eigenvalue weighted by molar-refractivity contribution is 0.0248. The lowest BCUT2D eigenvalue weighted by Gasteiger charge is -2.17. The van der Waals surface area contributed by atoms with Gasteiger partial charge in [-0.1, -0.05) is 48.5 Å². The Balaban J connectivity index is 1.67. The minimum Gasteiger partial charge on any atom is -0.507 e. The molecule has 1 aliphatic rings. The van der Waals surface area contributed by atoms with Gasteiger partial charge in [-0.2, -0.15) is 0 Å². The third-order valence-corrected chi connectivity index (χ3v) is 4.29. The molecule has 4 heteroatoms. The van der Waals surface area contributed by atoms with Gasteiger partial charge in [0.05, 0.1) is 19.3 Å². The van der Waals surface area contributed by atoms with Crippen LogP contribution in [0.3, 0.4) is 0 Å². The highest BCUT2D eigenvalue weighted by molar-refractivity contribution is 6.10. The van der Waals surface area contributed by atoms with Crippen LogP contribution in [-0.2, 0) is 9.47 Å². The molecule has 1 fully saturated rings. The predicted molar refractivity (Wildman–Crippen MR) is 93.8 cm³/mol. The van der Waals surface area contributed by atoms with Gasteiger partial charge in [0.2, 0.25) is 0 Å². The van der Waals surface area contributed by atoms with Crippen LogP contribution in [0, 0.1) is 0 Å². The van der Waals surface area contributed by atoms with Crippen molar-refractivity contribution in [3.63, 3.8) is 0 Å². The fraction of sp³-hybridized carbons (Fsp3) is 0.300. The molecule has 1 heterocycles. The van der Waals surface area contributed by atoms with Crippen molar-refractivity contribution in [2.45, 2.75) is 19.1 Å². The van der Waals surface area contributed by atoms with Crippen LogP contribution in [0.4, 0.5) is 0 Å². The molecular formula is C20H20O4. The summed E-state index contributed by atoms with van der Waals surface area (Å²) in [6.07, 6.45) is 0.225. The van der Waals surface area contributed by atoms with E-state index in [-0.39, 0.29) is 12.2 Å². The maximum absolute atomic E-state index is 10.6. The van der Waals surface area contributed by atoms with Crippen molar-refractivity contribution >= 4 is 21.5 Å². The van der Waals surface area contributed by atoms with E-state index in [0.717, 1.165) is 33.9 Å². The van der Waals surface area contributed by atoms with Crippen molar-refractivity contribution in [3.05, 3.63) is 48.5 Å². The predicted octanol–water partition coefficient (Wildman–Crippen LogP) is 3.88. The molecule has 0 saturated carbocycles. The largest absolute Gasteiger partial charge is 0.507 e. The number of benzene rings is 3. The van der Waals surface area contributed by atoms with Crippen LogP contribution in [0.2, 0.25) is 0 Å². The Morgan fingerprint density at radius 1 is 1.04 bits per heavy atom. The molecule has 0 bridgehead atoms. The minimum atomic E-state index is -0.0273. The van der Waals surface area contributed by atoms with Crippen molar-refractivity contribution in [2.75, 3.05) is 19.8 Å². The van der Waals surface area contributed by atoms with Gasteiger partial charge in [0.1, 0.15) is 24.2 Å². The highest BCUT2D eigenvalue weighted by Crippen LogP contribution is 2.41. The van der Waals surface area contributed by atoms with E-state index in [1.807, 2.05) is 55.5 Å². The summed E-state index contributed by atoms with van der Waals surface area (Å²) in [5, 5.41) is 14.0. The number of hydrogen-bond acceptors (Lipinski definition) is 4. The topological polar surface area (TPSA) is 51.2 Å². The molecular weight excluding hydrogens is 304 g/mol. The van der Waals surface area contributed by atoms with E-state index in [4.69, 9.17) is 14.2 Å². The van der Waals surface area contributed by atoms with Gasteiger partial charge in [-0.3, -0.25) is 0 Å². The molecule has 1 saturated heterocycles. The molecule has 2 atom stereocenters. The summed E-state index contributed by atoms with van der Waals surface area (Å²) in [6.45, 7) is 3.85. The van der Waals surface area contributed by atoms with Gasteiger partial charge in [0.25, 0.3) is 0 Å². The Bertz CT molecular complexity index is 813. The Labute approximate surface area is 140 Å². The summed E-state index contributed by atoms with van der Waals surface area (Å²) in [7, 11) is 0. The average Bonchev–Trinajstić information content (AvgIpc) is 3.44. The number of epoxide rings is 1. The van der Waals surface area contributed by atoms with E-state index in [2.05, 4.69) is 0 Å². The number of hydrogen-bond donors (Lipinski definition) is 1. The molecule has 4 nitrogen and oxygen atoms in total. The van der Waals surface area contributed by atoms with E-state index in [0.29, 0.717) is 19.0 Å². The molecule has 3 aromatic carbocycles. The highest BCUT2D eigenvalue weighted by atomic mass is 16.6. The third kappa shape index (κ3) is 2.90. The number of ether oxygens (including phenoxy) is 3. The van der Waals surface area contributed by atoms with Gasteiger partial charge >= 0.3 is 0 Å². The number of phenols is 1. The summed E-state index contributed by atoms with van der Waals surface area (Å²) in [6, 6.07) is 15.5. The quantitative estimate of drug-likeness (QED) is 0.552. The van der Waals surface area contributed by atoms with Gasteiger partial charge < -0.3 is 19.3 Å². The third-order valence-electron chi connectivity index (χ3n) is 4.29. The van der Waals surface area contributed by atoms with Gasteiger partial charge in [0.15, 0.2) is 0 Å². The summed E-state index contributed by atoms with van der Waals surface area (Å²) in [5.74, 6) is 1.08. The standard InChI is InChI=1S/C20H20O4/c1-13(22-11-14-12-23-14)10-24-20-17-8-4-2-6-15(17)19(21)16-7-3-5-9-18(16)20/h2-9,13-14,21H,10-12H2,1H3. The van der Waals surface area contributed by atoms with Crippen LogP contribution >= 0.6 is 0 Å². The van der Waals surface area contributed by atoms with Gasteiger partial charge in [0, 0.05) is 21.5 Å². The van der Waals surface area contributed by atoms with Crippen molar-refractivity contribution in [2.24, 2.45) is 0 Å². The first-order valence-corrected chi connectivity index (χ1v) is 8.22. The molecule has 3 aromatic rings. The van der Waals surface area contributed by atoms with Gasteiger partial charge in [-0.05, 0) is 6.92 Å². The van der Waals surface area contributed by atoms with E-state index in [1.165, 1.54) is 0 Å². The molecule has 124 valence electrons. The normalized spacial score (nSPS) is 18.0. The lowest BCUT2D eigenvalue weighted by Crippen LogP contribution is -2.20.